The molecule has 4 nitrogen and oxygen atoms in total. The Kier molecular flexibility index (Phi) is 3.82. The predicted molar refractivity (Wildman–Crippen MR) is 64.4 cm³/mol. The number of nitrogens with two attached hydrogens (primary N) is 1. The normalized spacial score (nSPS) is 13.1. The summed E-state index contributed by atoms with van der Waals surface area (Å²) in [5.74, 6) is 0.702. The topological polar surface area (TPSA) is 72.3 Å². The Morgan fingerprint density at radius 1 is 1.44 bits per heavy atom. The zero-order chi connectivity index (χ0) is 11.4. The van der Waals surface area contributed by atoms with E-state index >= 15 is 0 Å². The van der Waals surface area contributed by atoms with Crippen LogP contribution in [0.5, 0.6) is 0 Å². The summed E-state index contributed by atoms with van der Waals surface area (Å²) in [7, 11) is 0. The van der Waals surface area contributed by atoms with Crippen LogP contribution in [0.1, 0.15) is 6.42 Å². The maximum absolute atomic E-state index is 8.72. The van der Waals surface area contributed by atoms with Crippen molar-refractivity contribution >= 4 is 22.9 Å². The number of hydrogen-bond acceptors (Lipinski definition) is 5. The third kappa shape index (κ3) is 2.75. The smallest absolute Gasteiger partial charge is 0.256 e. The number of fused-ring (bicyclic) bond motifs is 1. The predicted octanol–water partition coefficient (Wildman–Crippen LogP) is 1.63. The first-order valence-electron chi connectivity index (χ1n) is 5.14. The first-order valence-corrected chi connectivity index (χ1v) is 6.13. The Labute approximate surface area is 97.8 Å². The van der Waals surface area contributed by atoms with Crippen LogP contribution in [-0.4, -0.2) is 28.5 Å². The van der Waals surface area contributed by atoms with Crippen molar-refractivity contribution in [3.05, 3.63) is 24.3 Å². The molecule has 0 fully saturated rings. The van der Waals surface area contributed by atoms with E-state index in [0.717, 1.165) is 11.1 Å². The van der Waals surface area contributed by atoms with Crippen molar-refractivity contribution in [2.75, 3.05) is 12.4 Å². The molecule has 16 heavy (non-hydrogen) atoms. The number of benzene rings is 1. The maximum Gasteiger partial charge on any atom is 0.256 e. The van der Waals surface area contributed by atoms with Crippen LogP contribution in [0.15, 0.2) is 33.9 Å². The van der Waals surface area contributed by atoms with Crippen molar-refractivity contribution in [3.63, 3.8) is 0 Å². The van der Waals surface area contributed by atoms with Crippen LogP contribution >= 0.6 is 11.8 Å². The number of aromatic nitrogens is 1. The van der Waals surface area contributed by atoms with Crippen LogP contribution in [0.25, 0.3) is 11.1 Å². The monoisotopic (exact) mass is 238 g/mol. The largest absolute Gasteiger partial charge is 0.431 e. The first kappa shape index (κ1) is 11.4. The van der Waals surface area contributed by atoms with Gasteiger partial charge >= 0.3 is 0 Å². The SMILES string of the molecule is NC(CCO)CSc1nc2ccccc2o1. The number of nitrogens with zero attached hydrogens (tertiary/aromatic N) is 1. The quantitative estimate of drug-likeness (QED) is 0.775. The summed E-state index contributed by atoms with van der Waals surface area (Å²) in [5.41, 5.74) is 7.43. The van der Waals surface area contributed by atoms with Crippen LogP contribution in [0.2, 0.25) is 0 Å². The molecule has 1 heterocycles. The summed E-state index contributed by atoms with van der Waals surface area (Å²) < 4.78 is 5.53. The van der Waals surface area contributed by atoms with Gasteiger partial charge in [0, 0.05) is 18.4 Å². The maximum atomic E-state index is 8.72. The molecule has 0 saturated carbocycles. The van der Waals surface area contributed by atoms with Gasteiger partial charge in [-0.3, -0.25) is 0 Å². The Balaban J connectivity index is 1.99. The van der Waals surface area contributed by atoms with E-state index in [0.29, 0.717) is 17.4 Å². The van der Waals surface area contributed by atoms with Crippen molar-refractivity contribution in [3.8, 4) is 0 Å². The van der Waals surface area contributed by atoms with E-state index < -0.39 is 0 Å². The van der Waals surface area contributed by atoms with E-state index in [4.69, 9.17) is 15.3 Å². The van der Waals surface area contributed by atoms with Crippen molar-refractivity contribution in [1.29, 1.82) is 0 Å². The van der Waals surface area contributed by atoms with Gasteiger partial charge in [-0.1, -0.05) is 23.9 Å². The molecule has 2 aromatic rings. The van der Waals surface area contributed by atoms with E-state index in [9.17, 15) is 0 Å². The van der Waals surface area contributed by atoms with Crippen molar-refractivity contribution in [2.24, 2.45) is 5.73 Å². The highest BCUT2D eigenvalue weighted by Gasteiger charge is 2.08. The van der Waals surface area contributed by atoms with Gasteiger partial charge < -0.3 is 15.3 Å². The molecule has 3 N–H and O–H groups in total. The number of rotatable bonds is 5. The highest BCUT2D eigenvalue weighted by atomic mass is 32.2. The fourth-order valence-electron chi connectivity index (χ4n) is 1.34. The molecular weight excluding hydrogens is 224 g/mol. The number of para-hydroxylation sites is 2. The number of aliphatic hydroxyl groups is 1. The standard InChI is InChI=1S/C11H14N2O2S/c12-8(5-6-14)7-16-11-13-9-3-1-2-4-10(9)15-11/h1-4,8,14H,5-7,12H2. The van der Waals surface area contributed by atoms with Crippen LogP contribution in [0.3, 0.4) is 0 Å². The van der Waals surface area contributed by atoms with Crippen LogP contribution in [0, 0.1) is 0 Å². The van der Waals surface area contributed by atoms with Crippen LogP contribution in [-0.2, 0) is 0 Å². The highest BCUT2D eigenvalue weighted by Crippen LogP contribution is 2.23. The third-order valence-electron chi connectivity index (χ3n) is 2.20. The molecule has 0 saturated heterocycles. The lowest BCUT2D eigenvalue weighted by atomic mass is 10.3. The molecule has 0 radical (unpaired) electrons. The fraction of sp³-hybridized carbons (Fsp3) is 0.364. The molecular formula is C11H14N2O2S. The first-order chi connectivity index (χ1) is 7.79. The Morgan fingerprint density at radius 2 is 2.25 bits per heavy atom. The summed E-state index contributed by atoms with van der Waals surface area (Å²) in [4.78, 5) is 4.32. The molecule has 1 aromatic carbocycles. The van der Waals surface area contributed by atoms with Gasteiger partial charge in [0.05, 0.1) is 0 Å². The second-order valence-corrected chi connectivity index (χ2v) is 4.50. The van der Waals surface area contributed by atoms with E-state index in [2.05, 4.69) is 4.98 Å². The molecule has 5 heteroatoms. The number of oxazole rings is 1. The molecule has 0 aliphatic rings. The van der Waals surface area contributed by atoms with Gasteiger partial charge in [0.1, 0.15) is 5.52 Å². The summed E-state index contributed by atoms with van der Waals surface area (Å²) in [6, 6.07) is 7.62. The van der Waals surface area contributed by atoms with Gasteiger partial charge in [-0.25, -0.2) is 4.98 Å². The molecule has 2 rings (SSSR count). The molecule has 0 bridgehead atoms. The van der Waals surface area contributed by atoms with Crippen molar-refractivity contribution in [1.82, 2.24) is 4.98 Å². The highest BCUT2D eigenvalue weighted by molar-refractivity contribution is 7.99. The number of hydrogen-bond donors (Lipinski definition) is 2. The molecule has 86 valence electrons. The van der Waals surface area contributed by atoms with Crippen molar-refractivity contribution < 1.29 is 9.52 Å². The summed E-state index contributed by atoms with van der Waals surface area (Å²) in [5, 5.41) is 9.35. The summed E-state index contributed by atoms with van der Waals surface area (Å²) in [6.07, 6.45) is 0.604. The van der Waals surface area contributed by atoms with Gasteiger partial charge in [-0.15, -0.1) is 0 Å². The minimum Gasteiger partial charge on any atom is -0.431 e. The molecule has 1 unspecified atom stereocenters. The summed E-state index contributed by atoms with van der Waals surface area (Å²) >= 11 is 1.48. The zero-order valence-electron chi connectivity index (χ0n) is 8.80. The lowest BCUT2D eigenvalue weighted by Crippen LogP contribution is -2.23. The average molecular weight is 238 g/mol. The second kappa shape index (κ2) is 5.34. The fourth-order valence-corrected chi connectivity index (χ4v) is 2.18. The van der Waals surface area contributed by atoms with Gasteiger partial charge in [0.2, 0.25) is 0 Å². The Morgan fingerprint density at radius 3 is 3.00 bits per heavy atom. The van der Waals surface area contributed by atoms with Gasteiger partial charge in [0.15, 0.2) is 5.58 Å². The third-order valence-corrected chi connectivity index (χ3v) is 3.21. The molecule has 1 atom stereocenters. The van der Waals surface area contributed by atoms with Crippen molar-refractivity contribution in [2.45, 2.75) is 17.7 Å². The Hall–Kier alpha value is -1.04. The molecule has 1 aromatic heterocycles. The Bertz CT molecular complexity index is 425. The van der Waals surface area contributed by atoms with E-state index in [1.54, 1.807) is 0 Å². The van der Waals surface area contributed by atoms with E-state index in [1.165, 1.54) is 11.8 Å². The second-order valence-electron chi connectivity index (χ2n) is 3.53. The molecule has 0 aliphatic heterocycles. The number of aliphatic hydroxyl groups excluding tert-OH is 1. The van der Waals surface area contributed by atoms with Gasteiger partial charge in [-0.05, 0) is 18.6 Å². The zero-order valence-corrected chi connectivity index (χ0v) is 9.61. The minimum atomic E-state index is -0.0231. The van der Waals surface area contributed by atoms with Crippen LogP contribution < -0.4 is 5.73 Å². The molecule has 0 spiro atoms. The van der Waals surface area contributed by atoms with E-state index in [1.807, 2.05) is 24.3 Å². The van der Waals surface area contributed by atoms with Gasteiger partial charge in [-0.2, -0.15) is 0 Å². The minimum absolute atomic E-state index is 0.0231. The lowest BCUT2D eigenvalue weighted by molar-refractivity contribution is 0.279. The lowest BCUT2D eigenvalue weighted by Gasteiger charge is -2.06. The van der Waals surface area contributed by atoms with Crippen LogP contribution in [0.4, 0.5) is 0 Å². The van der Waals surface area contributed by atoms with Gasteiger partial charge in [0.25, 0.3) is 5.22 Å². The number of thioether (sulfide) groups is 1. The molecule has 0 aliphatic carbocycles. The summed E-state index contributed by atoms with van der Waals surface area (Å²) in [6.45, 7) is 0.120. The average Bonchev–Trinajstić information content (AvgIpc) is 2.69. The van der Waals surface area contributed by atoms with E-state index in [-0.39, 0.29) is 12.6 Å². The molecule has 0 amide bonds.